The number of rotatable bonds is 4. The smallest absolute Gasteiger partial charge is 0.228 e. The SMILES string of the molecule is CS(=O)(=O)N1CCN(C(=O)C2CC(=O)N(Cc3ccccc3)C2)CC1. The van der Waals surface area contributed by atoms with Gasteiger partial charge < -0.3 is 9.80 Å². The van der Waals surface area contributed by atoms with Crippen LogP contribution in [0.4, 0.5) is 0 Å². The van der Waals surface area contributed by atoms with Gasteiger partial charge in [0.05, 0.1) is 12.2 Å². The van der Waals surface area contributed by atoms with Gasteiger partial charge in [-0.05, 0) is 5.56 Å². The van der Waals surface area contributed by atoms with Crippen molar-refractivity contribution < 1.29 is 18.0 Å². The van der Waals surface area contributed by atoms with E-state index in [1.54, 1.807) is 9.80 Å². The molecule has 2 heterocycles. The molecule has 0 bridgehead atoms. The van der Waals surface area contributed by atoms with Crippen LogP contribution in [-0.4, -0.2) is 73.3 Å². The number of carbonyl (C=O) groups is 2. The predicted molar refractivity (Wildman–Crippen MR) is 93.0 cm³/mol. The average Bonchev–Trinajstić information content (AvgIpc) is 2.95. The Hall–Kier alpha value is -1.93. The molecule has 3 rings (SSSR count). The lowest BCUT2D eigenvalue weighted by molar-refractivity contribution is -0.137. The molecule has 1 unspecified atom stereocenters. The molecule has 8 heteroatoms. The predicted octanol–water partition coefficient (Wildman–Crippen LogP) is 0.139. The molecule has 0 radical (unpaired) electrons. The molecule has 0 spiro atoms. The Labute approximate surface area is 148 Å². The third-order valence-electron chi connectivity index (χ3n) is 4.80. The molecule has 136 valence electrons. The molecule has 0 aliphatic carbocycles. The number of hydrogen-bond donors (Lipinski definition) is 0. The number of piperazine rings is 1. The van der Waals surface area contributed by atoms with E-state index < -0.39 is 10.0 Å². The van der Waals surface area contributed by atoms with Crippen LogP contribution in [0.1, 0.15) is 12.0 Å². The topological polar surface area (TPSA) is 78.0 Å². The maximum atomic E-state index is 12.7. The monoisotopic (exact) mass is 365 g/mol. The Bertz CT molecular complexity index is 742. The van der Waals surface area contributed by atoms with Crippen molar-refractivity contribution in [3.63, 3.8) is 0 Å². The summed E-state index contributed by atoms with van der Waals surface area (Å²) >= 11 is 0. The van der Waals surface area contributed by atoms with E-state index >= 15 is 0 Å². The molecule has 0 saturated carbocycles. The van der Waals surface area contributed by atoms with Crippen LogP contribution in [-0.2, 0) is 26.2 Å². The van der Waals surface area contributed by atoms with Crippen LogP contribution in [0, 0.1) is 5.92 Å². The van der Waals surface area contributed by atoms with Crippen molar-refractivity contribution in [1.82, 2.24) is 14.1 Å². The Morgan fingerprint density at radius 2 is 1.76 bits per heavy atom. The van der Waals surface area contributed by atoms with Gasteiger partial charge in [-0.3, -0.25) is 9.59 Å². The fourth-order valence-electron chi connectivity index (χ4n) is 3.39. The molecule has 2 aliphatic rings. The van der Waals surface area contributed by atoms with Crippen molar-refractivity contribution in [2.24, 2.45) is 5.92 Å². The van der Waals surface area contributed by atoms with E-state index in [0.717, 1.165) is 5.56 Å². The maximum absolute atomic E-state index is 12.7. The molecule has 7 nitrogen and oxygen atoms in total. The lowest BCUT2D eigenvalue weighted by atomic mass is 10.1. The van der Waals surface area contributed by atoms with Gasteiger partial charge >= 0.3 is 0 Å². The number of carbonyl (C=O) groups excluding carboxylic acids is 2. The Morgan fingerprint density at radius 1 is 1.12 bits per heavy atom. The molecule has 2 saturated heterocycles. The minimum absolute atomic E-state index is 0.00280. The lowest BCUT2D eigenvalue weighted by Gasteiger charge is -2.34. The summed E-state index contributed by atoms with van der Waals surface area (Å²) < 4.78 is 24.5. The standard InChI is InChI=1S/C17H23N3O4S/c1-25(23,24)20-9-7-18(8-10-20)17(22)15-11-16(21)19(13-15)12-14-5-3-2-4-6-14/h2-6,15H,7-13H2,1H3. The van der Waals surface area contributed by atoms with Crippen molar-refractivity contribution in [3.05, 3.63) is 35.9 Å². The van der Waals surface area contributed by atoms with Gasteiger partial charge in [-0.15, -0.1) is 0 Å². The first-order valence-electron chi connectivity index (χ1n) is 8.40. The van der Waals surface area contributed by atoms with Gasteiger partial charge in [-0.2, -0.15) is 4.31 Å². The second kappa shape index (κ2) is 7.13. The number of sulfonamides is 1. The third-order valence-corrected chi connectivity index (χ3v) is 6.10. The van der Waals surface area contributed by atoms with E-state index in [9.17, 15) is 18.0 Å². The van der Waals surface area contributed by atoms with E-state index in [0.29, 0.717) is 39.3 Å². The number of nitrogens with zero attached hydrogens (tertiary/aromatic N) is 3. The molecule has 1 atom stereocenters. The van der Waals surface area contributed by atoms with Crippen LogP contribution in [0.5, 0.6) is 0 Å². The van der Waals surface area contributed by atoms with Gasteiger partial charge in [0.2, 0.25) is 21.8 Å². The average molecular weight is 365 g/mol. The molecule has 1 aromatic carbocycles. The van der Waals surface area contributed by atoms with E-state index in [1.807, 2.05) is 30.3 Å². The molecular formula is C17H23N3O4S. The van der Waals surface area contributed by atoms with Gasteiger partial charge in [0.15, 0.2) is 0 Å². The van der Waals surface area contributed by atoms with E-state index in [4.69, 9.17) is 0 Å². The highest BCUT2D eigenvalue weighted by atomic mass is 32.2. The second-order valence-corrected chi connectivity index (χ2v) is 8.63. The molecule has 25 heavy (non-hydrogen) atoms. The van der Waals surface area contributed by atoms with Crippen LogP contribution < -0.4 is 0 Å². The second-order valence-electron chi connectivity index (χ2n) is 6.65. The third kappa shape index (κ3) is 4.19. The van der Waals surface area contributed by atoms with E-state index in [-0.39, 0.29) is 24.2 Å². The summed E-state index contributed by atoms with van der Waals surface area (Å²) in [7, 11) is -3.21. The first-order chi connectivity index (χ1) is 11.8. The van der Waals surface area contributed by atoms with Gasteiger partial charge in [-0.25, -0.2) is 8.42 Å². The van der Waals surface area contributed by atoms with Crippen molar-refractivity contribution in [1.29, 1.82) is 0 Å². The minimum atomic E-state index is -3.21. The molecule has 2 fully saturated rings. The summed E-state index contributed by atoms with van der Waals surface area (Å²) in [4.78, 5) is 28.3. The molecule has 2 amide bonds. The number of likely N-dealkylation sites (tertiary alicyclic amines) is 1. The van der Waals surface area contributed by atoms with Crippen LogP contribution in [0.15, 0.2) is 30.3 Å². The number of amides is 2. The zero-order valence-electron chi connectivity index (χ0n) is 14.3. The Morgan fingerprint density at radius 3 is 2.36 bits per heavy atom. The van der Waals surface area contributed by atoms with Crippen molar-refractivity contribution in [2.45, 2.75) is 13.0 Å². The quantitative estimate of drug-likeness (QED) is 0.760. The van der Waals surface area contributed by atoms with Crippen LogP contribution >= 0.6 is 0 Å². The normalized spacial score (nSPS) is 22.4. The fraction of sp³-hybridized carbons (Fsp3) is 0.529. The summed E-state index contributed by atoms with van der Waals surface area (Å²) in [5, 5.41) is 0. The van der Waals surface area contributed by atoms with E-state index in [1.165, 1.54) is 10.6 Å². The van der Waals surface area contributed by atoms with Crippen LogP contribution in [0.2, 0.25) is 0 Å². The lowest BCUT2D eigenvalue weighted by Crippen LogP contribution is -2.51. The molecule has 1 aromatic rings. The van der Waals surface area contributed by atoms with Crippen molar-refractivity contribution >= 4 is 21.8 Å². The molecule has 0 aromatic heterocycles. The summed E-state index contributed by atoms with van der Waals surface area (Å²) in [6.45, 7) is 2.35. The van der Waals surface area contributed by atoms with Crippen LogP contribution in [0.3, 0.4) is 0 Å². The first-order valence-corrected chi connectivity index (χ1v) is 10.2. The minimum Gasteiger partial charge on any atom is -0.340 e. The zero-order chi connectivity index (χ0) is 18.0. The maximum Gasteiger partial charge on any atom is 0.228 e. The first kappa shape index (κ1) is 17.9. The fourth-order valence-corrected chi connectivity index (χ4v) is 4.22. The Kier molecular flexibility index (Phi) is 5.10. The highest BCUT2D eigenvalue weighted by Gasteiger charge is 2.37. The van der Waals surface area contributed by atoms with Crippen LogP contribution in [0.25, 0.3) is 0 Å². The van der Waals surface area contributed by atoms with Gasteiger partial charge in [-0.1, -0.05) is 30.3 Å². The highest BCUT2D eigenvalue weighted by Crippen LogP contribution is 2.23. The summed E-state index contributed by atoms with van der Waals surface area (Å²) in [5.74, 6) is -0.380. The van der Waals surface area contributed by atoms with Gasteiger partial charge in [0, 0.05) is 45.7 Å². The summed E-state index contributed by atoms with van der Waals surface area (Å²) in [6.07, 6.45) is 1.42. The zero-order valence-corrected chi connectivity index (χ0v) is 15.1. The summed E-state index contributed by atoms with van der Waals surface area (Å²) in [5.41, 5.74) is 1.05. The van der Waals surface area contributed by atoms with E-state index in [2.05, 4.69) is 0 Å². The van der Waals surface area contributed by atoms with Crippen molar-refractivity contribution in [2.75, 3.05) is 39.0 Å². The van der Waals surface area contributed by atoms with Crippen molar-refractivity contribution in [3.8, 4) is 0 Å². The van der Waals surface area contributed by atoms with Gasteiger partial charge in [0.25, 0.3) is 0 Å². The van der Waals surface area contributed by atoms with Gasteiger partial charge in [0.1, 0.15) is 0 Å². The number of benzene rings is 1. The summed E-state index contributed by atoms with van der Waals surface area (Å²) in [6, 6.07) is 9.72. The molecular weight excluding hydrogens is 342 g/mol. The Balaban J connectivity index is 1.56. The largest absolute Gasteiger partial charge is 0.340 e. The molecule has 2 aliphatic heterocycles. The number of hydrogen-bond acceptors (Lipinski definition) is 4. The molecule has 0 N–H and O–H groups in total. The highest BCUT2D eigenvalue weighted by molar-refractivity contribution is 7.88.